The van der Waals surface area contributed by atoms with Gasteiger partial charge < -0.3 is 5.73 Å². The van der Waals surface area contributed by atoms with Gasteiger partial charge in [0.2, 0.25) is 0 Å². The van der Waals surface area contributed by atoms with Crippen LogP contribution in [0.25, 0.3) is 0 Å². The molecular formula is C15H23NO. The molecule has 0 aliphatic heterocycles. The summed E-state index contributed by atoms with van der Waals surface area (Å²) in [5.74, 6) is 0.595. The van der Waals surface area contributed by atoms with Crippen LogP contribution in [0, 0.1) is 19.8 Å². The number of rotatable bonds is 5. The summed E-state index contributed by atoms with van der Waals surface area (Å²) in [6.07, 6.45) is 0.985. The number of Topliss-reactive ketones (excluding diaryl/α,β-unsaturated/α-hetero) is 1. The first-order valence-corrected chi connectivity index (χ1v) is 6.23. The molecule has 2 nitrogen and oxygen atoms in total. The van der Waals surface area contributed by atoms with Crippen LogP contribution in [0.3, 0.4) is 0 Å². The van der Waals surface area contributed by atoms with E-state index in [2.05, 4.69) is 32.0 Å². The Morgan fingerprint density at radius 1 is 1.29 bits per heavy atom. The number of ketones is 1. The third kappa shape index (κ3) is 4.31. The van der Waals surface area contributed by atoms with E-state index in [1.54, 1.807) is 0 Å². The Kier molecular flexibility index (Phi) is 4.88. The highest BCUT2D eigenvalue weighted by atomic mass is 16.1. The molecule has 0 aliphatic rings. The second-order valence-corrected chi connectivity index (χ2v) is 5.26. The average Bonchev–Trinajstić information content (AvgIpc) is 2.23. The molecule has 1 aromatic carbocycles. The molecule has 0 heterocycles. The van der Waals surface area contributed by atoms with Crippen molar-refractivity contribution >= 4 is 5.78 Å². The van der Waals surface area contributed by atoms with E-state index in [4.69, 9.17) is 5.73 Å². The van der Waals surface area contributed by atoms with Gasteiger partial charge in [0.25, 0.3) is 0 Å². The zero-order valence-corrected chi connectivity index (χ0v) is 11.3. The van der Waals surface area contributed by atoms with Crippen molar-refractivity contribution in [2.45, 2.75) is 46.6 Å². The lowest BCUT2D eigenvalue weighted by molar-refractivity contribution is -0.118. The summed E-state index contributed by atoms with van der Waals surface area (Å²) in [5.41, 5.74) is 9.43. The number of aryl methyl sites for hydroxylation is 2. The van der Waals surface area contributed by atoms with Crippen molar-refractivity contribution in [3.63, 3.8) is 0 Å². The molecule has 0 saturated heterocycles. The topological polar surface area (TPSA) is 43.1 Å². The van der Waals surface area contributed by atoms with Crippen LogP contribution in [-0.2, 0) is 11.2 Å². The fourth-order valence-electron chi connectivity index (χ4n) is 1.77. The molecule has 0 amide bonds. The summed E-state index contributed by atoms with van der Waals surface area (Å²) >= 11 is 0. The van der Waals surface area contributed by atoms with Crippen molar-refractivity contribution < 1.29 is 4.79 Å². The van der Waals surface area contributed by atoms with Crippen LogP contribution < -0.4 is 5.73 Å². The molecule has 1 rings (SSSR count). The molecule has 0 radical (unpaired) electrons. The van der Waals surface area contributed by atoms with Crippen molar-refractivity contribution in [1.29, 1.82) is 0 Å². The lowest BCUT2D eigenvalue weighted by atomic mass is 9.94. The van der Waals surface area contributed by atoms with E-state index in [1.165, 1.54) is 11.1 Å². The maximum Gasteiger partial charge on any atom is 0.138 e. The van der Waals surface area contributed by atoms with Gasteiger partial charge >= 0.3 is 0 Å². The minimum absolute atomic E-state index is 0.0207. The van der Waals surface area contributed by atoms with Gasteiger partial charge in [0, 0.05) is 18.9 Å². The third-order valence-corrected chi connectivity index (χ3v) is 3.21. The first-order valence-electron chi connectivity index (χ1n) is 6.23. The number of hydrogen-bond donors (Lipinski definition) is 1. The lowest BCUT2D eigenvalue weighted by Crippen LogP contribution is -2.29. The molecule has 2 heteroatoms. The zero-order chi connectivity index (χ0) is 13.0. The van der Waals surface area contributed by atoms with E-state index in [0.717, 1.165) is 5.56 Å². The quantitative estimate of drug-likeness (QED) is 0.849. The maximum absolute atomic E-state index is 11.9. The molecule has 2 N–H and O–H groups in total. The van der Waals surface area contributed by atoms with E-state index < -0.39 is 0 Å². The van der Waals surface area contributed by atoms with Crippen LogP contribution >= 0.6 is 0 Å². The predicted octanol–water partition coefficient (Wildman–Crippen LogP) is 2.79. The molecule has 0 saturated carbocycles. The Morgan fingerprint density at radius 2 is 1.94 bits per heavy atom. The third-order valence-electron chi connectivity index (χ3n) is 3.21. The largest absolute Gasteiger partial charge is 0.327 e. The van der Waals surface area contributed by atoms with Gasteiger partial charge in [0.15, 0.2) is 0 Å². The van der Waals surface area contributed by atoms with Crippen LogP contribution in [0.1, 0.15) is 37.0 Å². The molecule has 94 valence electrons. The summed E-state index contributed by atoms with van der Waals surface area (Å²) < 4.78 is 0. The van der Waals surface area contributed by atoms with Gasteiger partial charge in [0.1, 0.15) is 5.78 Å². The molecule has 0 aliphatic carbocycles. The van der Waals surface area contributed by atoms with Crippen molar-refractivity contribution in [3.05, 3.63) is 34.9 Å². The number of benzene rings is 1. The highest BCUT2D eigenvalue weighted by molar-refractivity contribution is 5.81. The standard InChI is InChI=1S/C15H23NO/c1-10(2)15(16)9-14(17)8-13-7-11(3)5-6-12(13)4/h5-7,10,15H,8-9,16H2,1-4H3. The molecular weight excluding hydrogens is 210 g/mol. The second kappa shape index (κ2) is 5.97. The summed E-state index contributed by atoms with van der Waals surface area (Å²) in [7, 11) is 0. The Bertz CT molecular complexity index is 396. The summed E-state index contributed by atoms with van der Waals surface area (Å²) in [5, 5.41) is 0. The van der Waals surface area contributed by atoms with Gasteiger partial charge in [0.05, 0.1) is 0 Å². The Labute approximate surface area is 104 Å². The van der Waals surface area contributed by atoms with E-state index in [9.17, 15) is 4.79 Å². The normalized spacial score (nSPS) is 12.8. The van der Waals surface area contributed by atoms with Crippen molar-refractivity contribution in [3.8, 4) is 0 Å². The second-order valence-electron chi connectivity index (χ2n) is 5.26. The summed E-state index contributed by atoms with van der Waals surface area (Å²) in [6.45, 7) is 8.20. The zero-order valence-electron chi connectivity index (χ0n) is 11.3. The number of nitrogens with two attached hydrogens (primary N) is 1. The number of hydrogen-bond acceptors (Lipinski definition) is 2. The van der Waals surface area contributed by atoms with Gasteiger partial charge in [-0.1, -0.05) is 37.6 Å². The number of carbonyl (C=O) groups is 1. The minimum Gasteiger partial charge on any atom is -0.327 e. The predicted molar refractivity (Wildman–Crippen MR) is 72.1 cm³/mol. The Balaban J connectivity index is 2.65. The minimum atomic E-state index is -0.0207. The smallest absolute Gasteiger partial charge is 0.138 e. The summed E-state index contributed by atoms with van der Waals surface area (Å²) in [4.78, 5) is 11.9. The van der Waals surface area contributed by atoms with Crippen LogP contribution in [-0.4, -0.2) is 11.8 Å². The van der Waals surface area contributed by atoms with Crippen LogP contribution in [0.15, 0.2) is 18.2 Å². The Hall–Kier alpha value is -1.15. The van der Waals surface area contributed by atoms with Crippen LogP contribution in [0.5, 0.6) is 0 Å². The number of carbonyl (C=O) groups excluding carboxylic acids is 1. The van der Waals surface area contributed by atoms with Crippen LogP contribution in [0.2, 0.25) is 0 Å². The van der Waals surface area contributed by atoms with E-state index in [0.29, 0.717) is 18.8 Å². The maximum atomic E-state index is 11.9. The fourth-order valence-corrected chi connectivity index (χ4v) is 1.77. The van der Waals surface area contributed by atoms with E-state index in [1.807, 2.05) is 13.8 Å². The monoisotopic (exact) mass is 233 g/mol. The van der Waals surface area contributed by atoms with Gasteiger partial charge in [-0.15, -0.1) is 0 Å². The molecule has 0 aromatic heterocycles. The SMILES string of the molecule is Cc1ccc(C)c(CC(=O)CC(N)C(C)C)c1. The van der Waals surface area contributed by atoms with Crippen molar-refractivity contribution in [1.82, 2.24) is 0 Å². The lowest BCUT2D eigenvalue weighted by Gasteiger charge is -2.15. The molecule has 0 spiro atoms. The highest BCUT2D eigenvalue weighted by Gasteiger charge is 2.14. The van der Waals surface area contributed by atoms with Gasteiger partial charge in [-0.2, -0.15) is 0 Å². The van der Waals surface area contributed by atoms with E-state index >= 15 is 0 Å². The van der Waals surface area contributed by atoms with E-state index in [-0.39, 0.29) is 11.8 Å². The average molecular weight is 233 g/mol. The van der Waals surface area contributed by atoms with Gasteiger partial charge in [-0.3, -0.25) is 4.79 Å². The first-order chi connectivity index (χ1) is 7.90. The molecule has 1 aromatic rings. The molecule has 1 atom stereocenters. The van der Waals surface area contributed by atoms with Gasteiger partial charge in [-0.05, 0) is 30.9 Å². The molecule has 0 fully saturated rings. The van der Waals surface area contributed by atoms with Crippen molar-refractivity contribution in [2.24, 2.45) is 11.7 Å². The first kappa shape index (κ1) is 13.9. The Morgan fingerprint density at radius 3 is 2.53 bits per heavy atom. The highest BCUT2D eigenvalue weighted by Crippen LogP contribution is 2.13. The van der Waals surface area contributed by atoms with Crippen molar-refractivity contribution in [2.75, 3.05) is 0 Å². The summed E-state index contributed by atoms with van der Waals surface area (Å²) in [6, 6.07) is 6.21. The molecule has 1 unspecified atom stereocenters. The van der Waals surface area contributed by atoms with Crippen LogP contribution in [0.4, 0.5) is 0 Å². The van der Waals surface area contributed by atoms with Gasteiger partial charge in [-0.25, -0.2) is 0 Å². The molecule has 17 heavy (non-hydrogen) atoms. The fraction of sp³-hybridized carbons (Fsp3) is 0.533. The molecule has 0 bridgehead atoms.